The molecule has 1 aromatic rings. The largest absolute Gasteiger partial charge is 0.497 e. The highest BCUT2D eigenvalue weighted by Gasteiger charge is 2.25. The molecule has 2 rings (SSSR count). The molecule has 1 N–H and O–H groups in total. The van der Waals surface area contributed by atoms with E-state index in [1.165, 1.54) is 0 Å². The minimum absolute atomic E-state index is 0.0918. The predicted molar refractivity (Wildman–Crippen MR) is 94.2 cm³/mol. The molecule has 1 heterocycles. The van der Waals surface area contributed by atoms with Gasteiger partial charge in [-0.25, -0.2) is 13.1 Å². The van der Waals surface area contributed by atoms with Gasteiger partial charge in [-0.15, -0.1) is 0 Å². The van der Waals surface area contributed by atoms with E-state index in [0.717, 1.165) is 36.8 Å². The SMILES string of the molecule is COc1ccc(/C=C\C(=O)N2CCCC[C@@H]2CNS(C)(=O)=O)cc1. The van der Waals surface area contributed by atoms with Crippen LogP contribution >= 0.6 is 0 Å². The average molecular weight is 352 g/mol. The Kier molecular flexibility index (Phi) is 6.39. The number of piperidine rings is 1. The fraction of sp³-hybridized carbons (Fsp3) is 0.471. The lowest BCUT2D eigenvalue weighted by Crippen LogP contribution is -2.48. The highest BCUT2D eigenvalue weighted by Crippen LogP contribution is 2.18. The molecule has 1 aliphatic rings. The first kappa shape index (κ1) is 18.5. The van der Waals surface area contributed by atoms with Gasteiger partial charge in [0, 0.05) is 25.2 Å². The topological polar surface area (TPSA) is 75.7 Å². The number of amides is 1. The maximum Gasteiger partial charge on any atom is 0.246 e. The molecule has 6 nitrogen and oxygen atoms in total. The standard InChI is InChI=1S/C17H24N2O4S/c1-23-16-9-6-14(7-10-16)8-11-17(20)19-12-4-3-5-15(19)13-18-24(2,21)22/h6-11,15,18H,3-5,12-13H2,1-2H3/b11-8-/t15-/m1/s1. The molecule has 0 saturated carbocycles. The van der Waals surface area contributed by atoms with Gasteiger partial charge in [0.2, 0.25) is 15.9 Å². The van der Waals surface area contributed by atoms with Gasteiger partial charge >= 0.3 is 0 Å². The second-order valence-electron chi connectivity index (χ2n) is 5.91. The van der Waals surface area contributed by atoms with Crippen molar-refractivity contribution in [1.29, 1.82) is 0 Å². The minimum atomic E-state index is -3.25. The molecule has 0 spiro atoms. The lowest BCUT2D eigenvalue weighted by molar-refractivity contribution is -0.129. The Morgan fingerprint density at radius 2 is 2.04 bits per heavy atom. The van der Waals surface area contributed by atoms with Crippen LogP contribution in [0, 0.1) is 0 Å². The summed E-state index contributed by atoms with van der Waals surface area (Å²) in [6.07, 6.45) is 7.19. The molecule has 1 atom stereocenters. The fourth-order valence-electron chi connectivity index (χ4n) is 2.73. The summed E-state index contributed by atoms with van der Waals surface area (Å²) in [4.78, 5) is 14.2. The van der Waals surface area contributed by atoms with Gasteiger partial charge in [-0.3, -0.25) is 4.79 Å². The van der Waals surface area contributed by atoms with Crippen molar-refractivity contribution in [2.75, 3.05) is 26.5 Å². The second-order valence-corrected chi connectivity index (χ2v) is 7.74. The minimum Gasteiger partial charge on any atom is -0.497 e. The van der Waals surface area contributed by atoms with Crippen molar-refractivity contribution < 1.29 is 17.9 Å². The lowest BCUT2D eigenvalue weighted by atomic mass is 10.0. The third-order valence-electron chi connectivity index (χ3n) is 4.03. The molecule has 132 valence electrons. The Morgan fingerprint density at radius 1 is 1.33 bits per heavy atom. The van der Waals surface area contributed by atoms with E-state index in [1.807, 2.05) is 24.3 Å². The van der Waals surface area contributed by atoms with Crippen LogP contribution in [0.3, 0.4) is 0 Å². The van der Waals surface area contributed by atoms with Crippen LogP contribution in [0.2, 0.25) is 0 Å². The van der Waals surface area contributed by atoms with Crippen LogP contribution in [0.5, 0.6) is 5.75 Å². The quantitative estimate of drug-likeness (QED) is 0.790. The number of carbonyl (C=O) groups excluding carboxylic acids is 1. The number of benzene rings is 1. The summed E-state index contributed by atoms with van der Waals surface area (Å²) in [6, 6.07) is 7.33. The van der Waals surface area contributed by atoms with Crippen molar-refractivity contribution in [2.24, 2.45) is 0 Å². The monoisotopic (exact) mass is 352 g/mol. The number of rotatable bonds is 6. The van der Waals surface area contributed by atoms with Crippen molar-refractivity contribution in [3.05, 3.63) is 35.9 Å². The van der Waals surface area contributed by atoms with Crippen LogP contribution in [0.1, 0.15) is 24.8 Å². The molecule has 1 aliphatic heterocycles. The van der Waals surface area contributed by atoms with Gasteiger partial charge in [0.25, 0.3) is 0 Å². The molecular weight excluding hydrogens is 328 g/mol. The Bertz CT molecular complexity index is 683. The lowest BCUT2D eigenvalue weighted by Gasteiger charge is -2.35. The van der Waals surface area contributed by atoms with E-state index in [1.54, 1.807) is 24.2 Å². The molecule has 1 fully saturated rings. The number of hydrogen-bond donors (Lipinski definition) is 1. The smallest absolute Gasteiger partial charge is 0.246 e. The van der Waals surface area contributed by atoms with Gasteiger partial charge in [-0.1, -0.05) is 12.1 Å². The molecule has 0 aromatic heterocycles. The first-order valence-corrected chi connectivity index (χ1v) is 9.85. The van der Waals surface area contributed by atoms with Crippen LogP contribution < -0.4 is 9.46 Å². The summed E-state index contributed by atoms with van der Waals surface area (Å²) in [5, 5.41) is 0. The van der Waals surface area contributed by atoms with E-state index in [4.69, 9.17) is 4.74 Å². The first-order chi connectivity index (χ1) is 11.4. The molecule has 24 heavy (non-hydrogen) atoms. The first-order valence-electron chi connectivity index (χ1n) is 7.96. The predicted octanol–water partition coefficient (Wildman–Crippen LogP) is 1.64. The van der Waals surface area contributed by atoms with Gasteiger partial charge < -0.3 is 9.64 Å². The number of nitrogens with one attached hydrogen (secondary N) is 1. The number of carbonyl (C=O) groups is 1. The highest BCUT2D eigenvalue weighted by molar-refractivity contribution is 7.88. The van der Waals surface area contributed by atoms with Crippen LogP contribution in [0.25, 0.3) is 6.08 Å². The number of hydrogen-bond acceptors (Lipinski definition) is 4. The molecule has 0 unspecified atom stereocenters. The highest BCUT2D eigenvalue weighted by atomic mass is 32.2. The zero-order valence-electron chi connectivity index (χ0n) is 14.1. The number of likely N-dealkylation sites (tertiary alicyclic amines) is 1. The van der Waals surface area contributed by atoms with Crippen molar-refractivity contribution >= 4 is 22.0 Å². The Hall–Kier alpha value is -1.86. The molecule has 0 bridgehead atoms. The van der Waals surface area contributed by atoms with E-state index < -0.39 is 10.0 Å². The normalized spacial score (nSPS) is 18.8. The number of sulfonamides is 1. The second kappa shape index (κ2) is 8.30. The molecule has 1 saturated heterocycles. The van der Waals surface area contributed by atoms with Crippen molar-refractivity contribution in [1.82, 2.24) is 9.62 Å². The van der Waals surface area contributed by atoms with Crippen LogP contribution in [-0.4, -0.2) is 51.7 Å². The van der Waals surface area contributed by atoms with Crippen molar-refractivity contribution in [3.8, 4) is 5.75 Å². The summed E-state index contributed by atoms with van der Waals surface area (Å²) in [5.41, 5.74) is 0.909. The van der Waals surface area contributed by atoms with E-state index in [-0.39, 0.29) is 18.5 Å². The summed E-state index contributed by atoms with van der Waals surface area (Å²) in [7, 11) is -1.65. The third-order valence-corrected chi connectivity index (χ3v) is 4.72. The fourth-order valence-corrected chi connectivity index (χ4v) is 3.22. The van der Waals surface area contributed by atoms with Crippen LogP contribution in [-0.2, 0) is 14.8 Å². The molecule has 0 aliphatic carbocycles. The van der Waals surface area contributed by atoms with Gasteiger partial charge in [-0.05, 0) is 43.0 Å². The number of ether oxygens (including phenoxy) is 1. The Balaban J connectivity index is 2.00. The molecule has 1 aromatic carbocycles. The van der Waals surface area contributed by atoms with Crippen molar-refractivity contribution in [3.63, 3.8) is 0 Å². The summed E-state index contributed by atoms with van der Waals surface area (Å²) >= 11 is 0. The van der Waals surface area contributed by atoms with E-state index in [9.17, 15) is 13.2 Å². The van der Waals surface area contributed by atoms with E-state index >= 15 is 0 Å². The zero-order valence-corrected chi connectivity index (χ0v) is 14.9. The number of methoxy groups -OCH3 is 1. The Morgan fingerprint density at radius 3 is 2.67 bits per heavy atom. The Labute approximate surface area is 143 Å². The average Bonchev–Trinajstić information content (AvgIpc) is 2.58. The van der Waals surface area contributed by atoms with Crippen LogP contribution in [0.15, 0.2) is 30.3 Å². The summed E-state index contributed by atoms with van der Waals surface area (Å²) in [5.74, 6) is 0.673. The van der Waals surface area contributed by atoms with E-state index in [2.05, 4.69) is 4.72 Å². The van der Waals surface area contributed by atoms with Gasteiger partial charge in [0.1, 0.15) is 5.75 Å². The molecular formula is C17H24N2O4S. The van der Waals surface area contributed by atoms with Gasteiger partial charge in [0.05, 0.1) is 13.4 Å². The van der Waals surface area contributed by atoms with Gasteiger partial charge in [0.15, 0.2) is 0 Å². The molecule has 0 radical (unpaired) electrons. The zero-order chi connectivity index (χ0) is 17.6. The van der Waals surface area contributed by atoms with E-state index in [0.29, 0.717) is 6.54 Å². The van der Waals surface area contributed by atoms with Crippen molar-refractivity contribution in [2.45, 2.75) is 25.3 Å². The maximum atomic E-state index is 12.5. The maximum absolute atomic E-state index is 12.5. The van der Waals surface area contributed by atoms with Crippen LogP contribution in [0.4, 0.5) is 0 Å². The summed E-state index contributed by atoms with van der Waals surface area (Å²) in [6.45, 7) is 0.919. The third kappa shape index (κ3) is 5.65. The van der Waals surface area contributed by atoms with Gasteiger partial charge in [-0.2, -0.15) is 0 Å². The summed E-state index contributed by atoms with van der Waals surface area (Å²) < 4.78 is 30.2. The molecule has 7 heteroatoms. The number of nitrogens with zero attached hydrogens (tertiary/aromatic N) is 1. The molecule has 1 amide bonds.